The zero-order valence-corrected chi connectivity index (χ0v) is 18.7. The van der Waals surface area contributed by atoms with Gasteiger partial charge in [0.25, 0.3) is 0 Å². The van der Waals surface area contributed by atoms with E-state index in [9.17, 15) is 13.4 Å². The highest BCUT2D eigenvalue weighted by atomic mass is 32.2. The molecule has 7 nitrogen and oxygen atoms in total. The summed E-state index contributed by atoms with van der Waals surface area (Å²) in [5, 5.41) is 4.36. The summed E-state index contributed by atoms with van der Waals surface area (Å²) >= 11 is 0. The standard InChI is InChI=1S/C22H30FN3O4S/c1-31(28)19-5-6-21(20(23)15-19)25-11-7-16(8-12-25)24-30-18-9-13-26(14-10-18)22(27)29-17-3-2-4-17/h5-6,15,17-18H,2-4,7-14H2,1H3. The summed E-state index contributed by atoms with van der Waals surface area (Å²) in [6, 6.07) is 4.77. The number of carbonyl (C=O) groups is 1. The Kier molecular flexibility index (Phi) is 7.09. The molecule has 0 bridgehead atoms. The first-order valence-corrected chi connectivity index (χ1v) is 12.6. The summed E-state index contributed by atoms with van der Waals surface area (Å²) in [6.07, 6.45) is 7.51. The van der Waals surface area contributed by atoms with E-state index in [4.69, 9.17) is 9.57 Å². The van der Waals surface area contributed by atoms with Crippen LogP contribution in [0.1, 0.15) is 44.9 Å². The normalized spacial score (nSPS) is 21.4. The molecule has 2 saturated heterocycles. The second kappa shape index (κ2) is 9.97. The van der Waals surface area contributed by atoms with Gasteiger partial charge in [0.05, 0.1) is 11.4 Å². The fraction of sp³-hybridized carbons (Fsp3) is 0.636. The van der Waals surface area contributed by atoms with Gasteiger partial charge in [-0.15, -0.1) is 0 Å². The van der Waals surface area contributed by atoms with Crippen molar-refractivity contribution >= 4 is 28.3 Å². The van der Waals surface area contributed by atoms with Crippen molar-refractivity contribution in [1.29, 1.82) is 0 Å². The fourth-order valence-electron chi connectivity index (χ4n) is 4.02. The molecular weight excluding hydrogens is 421 g/mol. The molecule has 1 aromatic carbocycles. The van der Waals surface area contributed by atoms with Crippen LogP contribution in [-0.2, 0) is 20.4 Å². The number of ether oxygens (including phenoxy) is 1. The predicted octanol–water partition coefficient (Wildman–Crippen LogP) is 3.69. The molecule has 0 radical (unpaired) electrons. The van der Waals surface area contributed by atoms with Crippen molar-refractivity contribution in [2.24, 2.45) is 5.16 Å². The third-order valence-corrected chi connectivity index (χ3v) is 7.20. The number of hydrogen-bond donors (Lipinski definition) is 0. The van der Waals surface area contributed by atoms with Gasteiger partial charge in [-0.2, -0.15) is 0 Å². The first-order valence-electron chi connectivity index (χ1n) is 11.0. The average Bonchev–Trinajstić information content (AvgIpc) is 2.75. The topological polar surface area (TPSA) is 71.4 Å². The van der Waals surface area contributed by atoms with E-state index in [1.807, 2.05) is 4.90 Å². The molecule has 170 valence electrons. The van der Waals surface area contributed by atoms with Crippen LogP contribution in [0.5, 0.6) is 0 Å². The van der Waals surface area contributed by atoms with Gasteiger partial charge in [-0.3, -0.25) is 4.21 Å². The van der Waals surface area contributed by atoms with Gasteiger partial charge < -0.3 is 19.4 Å². The molecule has 1 atom stereocenters. The molecule has 0 aromatic heterocycles. The van der Waals surface area contributed by atoms with E-state index in [2.05, 4.69) is 5.16 Å². The number of piperidine rings is 2. The van der Waals surface area contributed by atoms with Crippen LogP contribution in [0.3, 0.4) is 0 Å². The van der Waals surface area contributed by atoms with Gasteiger partial charge in [0.15, 0.2) is 0 Å². The molecule has 3 fully saturated rings. The maximum Gasteiger partial charge on any atom is 0.410 e. The Labute approximate surface area is 185 Å². The molecule has 0 spiro atoms. The molecule has 31 heavy (non-hydrogen) atoms. The first-order chi connectivity index (χ1) is 15.0. The van der Waals surface area contributed by atoms with Crippen molar-refractivity contribution in [2.75, 3.05) is 37.3 Å². The number of anilines is 1. The first kappa shape index (κ1) is 22.0. The van der Waals surface area contributed by atoms with E-state index >= 15 is 0 Å². The Morgan fingerprint density at radius 3 is 2.39 bits per heavy atom. The number of amides is 1. The van der Waals surface area contributed by atoms with Crippen LogP contribution in [0.4, 0.5) is 14.9 Å². The SMILES string of the molecule is CS(=O)c1ccc(N2CCC(=NOC3CCN(C(=O)OC4CCC4)CC3)CC2)c(F)c1. The monoisotopic (exact) mass is 451 g/mol. The van der Waals surface area contributed by atoms with E-state index < -0.39 is 10.8 Å². The molecule has 1 amide bonds. The lowest BCUT2D eigenvalue weighted by molar-refractivity contribution is -0.00848. The second-order valence-corrected chi connectivity index (χ2v) is 9.82. The van der Waals surface area contributed by atoms with Crippen LogP contribution >= 0.6 is 0 Å². The van der Waals surface area contributed by atoms with Gasteiger partial charge >= 0.3 is 6.09 Å². The van der Waals surface area contributed by atoms with Gasteiger partial charge in [-0.05, 0) is 37.5 Å². The van der Waals surface area contributed by atoms with Crippen LogP contribution in [0.15, 0.2) is 28.3 Å². The molecule has 1 unspecified atom stereocenters. The summed E-state index contributed by atoms with van der Waals surface area (Å²) in [7, 11) is -1.19. The van der Waals surface area contributed by atoms with Crippen LogP contribution in [-0.4, -0.2) is 65.6 Å². The van der Waals surface area contributed by atoms with Gasteiger partial charge in [0.2, 0.25) is 0 Å². The summed E-state index contributed by atoms with van der Waals surface area (Å²) in [5.41, 5.74) is 1.52. The van der Waals surface area contributed by atoms with Crippen LogP contribution in [0, 0.1) is 5.82 Å². The Morgan fingerprint density at radius 2 is 1.81 bits per heavy atom. The zero-order chi connectivity index (χ0) is 21.8. The van der Waals surface area contributed by atoms with Crippen molar-refractivity contribution < 1.29 is 23.0 Å². The predicted molar refractivity (Wildman–Crippen MR) is 117 cm³/mol. The molecule has 2 aliphatic heterocycles. The minimum Gasteiger partial charge on any atom is -0.446 e. The largest absolute Gasteiger partial charge is 0.446 e. The van der Waals surface area contributed by atoms with Crippen LogP contribution in [0.2, 0.25) is 0 Å². The van der Waals surface area contributed by atoms with E-state index in [1.165, 1.54) is 6.07 Å². The highest BCUT2D eigenvalue weighted by Crippen LogP contribution is 2.26. The number of halogens is 1. The summed E-state index contributed by atoms with van der Waals surface area (Å²) in [4.78, 5) is 22.1. The highest BCUT2D eigenvalue weighted by molar-refractivity contribution is 7.84. The Balaban J connectivity index is 1.20. The van der Waals surface area contributed by atoms with Crippen molar-refractivity contribution in [1.82, 2.24) is 4.90 Å². The lowest BCUT2D eigenvalue weighted by Gasteiger charge is -2.33. The number of likely N-dealkylation sites (tertiary alicyclic amines) is 1. The quantitative estimate of drug-likeness (QED) is 0.639. The Morgan fingerprint density at radius 1 is 1.10 bits per heavy atom. The zero-order valence-electron chi connectivity index (χ0n) is 17.9. The van der Waals surface area contributed by atoms with E-state index in [0.29, 0.717) is 49.6 Å². The molecule has 1 aliphatic carbocycles. The van der Waals surface area contributed by atoms with Crippen molar-refractivity contribution in [2.45, 2.75) is 62.0 Å². The molecule has 9 heteroatoms. The Hall–Kier alpha value is -2.16. The van der Waals surface area contributed by atoms with E-state index in [1.54, 1.807) is 23.3 Å². The van der Waals surface area contributed by atoms with Crippen LogP contribution in [0.25, 0.3) is 0 Å². The third kappa shape index (κ3) is 5.56. The van der Waals surface area contributed by atoms with Gasteiger partial charge in [-0.25, -0.2) is 9.18 Å². The second-order valence-electron chi connectivity index (χ2n) is 8.44. The highest BCUT2D eigenvalue weighted by Gasteiger charge is 2.29. The molecule has 0 N–H and O–H groups in total. The van der Waals surface area contributed by atoms with Gasteiger partial charge in [0, 0.05) is 73.8 Å². The number of oxime groups is 1. The minimum atomic E-state index is -1.19. The number of benzene rings is 1. The average molecular weight is 452 g/mol. The molecule has 4 rings (SSSR count). The van der Waals surface area contributed by atoms with Gasteiger partial charge in [0.1, 0.15) is 18.0 Å². The third-order valence-electron chi connectivity index (χ3n) is 6.28. The lowest BCUT2D eigenvalue weighted by atomic mass is 9.96. The molecule has 1 aromatic rings. The molecule has 2 heterocycles. The molecule has 1 saturated carbocycles. The van der Waals surface area contributed by atoms with E-state index in [0.717, 1.165) is 37.8 Å². The number of rotatable bonds is 5. The number of carbonyl (C=O) groups excluding carboxylic acids is 1. The molecule has 3 aliphatic rings. The van der Waals surface area contributed by atoms with Gasteiger partial charge in [-0.1, -0.05) is 5.16 Å². The van der Waals surface area contributed by atoms with Crippen molar-refractivity contribution in [3.05, 3.63) is 24.0 Å². The fourth-order valence-corrected chi connectivity index (χ4v) is 4.55. The lowest BCUT2D eigenvalue weighted by Crippen LogP contribution is -2.43. The number of nitrogens with zero attached hydrogens (tertiary/aromatic N) is 3. The molecular formula is C22H30FN3O4S. The smallest absolute Gasteiger partial charge is 0.410 e. The maximum absolute atomic E-state index is 14.4. The summed E-state index contributed by atoms with van der Waals surface area (Å²) < 4.78 is 31.4. The van der Waals surface area contributed by atoms with Crippen molar-refractivity contribution in [3.63, 3.8) is 0 Å². The minimum absolute atomic E-state index is 0.0122. The Bertz CT molecular complexity index is 843. The number of hydrogen-bond acceptors (Lipinski definition) is 6. The van der Waals surface area contributed by atoms with E-state index in [-0.39, 0.29) is 24.1 Å². The summed E-state index contributed by atoms with van der Waals surface area (Å²) in [5.74, 6) is -0.341. The maximum atomic E-state index is 14.4. The summed E-state index contributed by atoms with van der Waals surface area (Å²) in [6.45, 7) is 2.59. The van der Waals surface area contributed by atoms with Crippen LogP contribution < -0.4 is 4.90 Å². The van der Waals surface area contributed by atoms with Crippen molar-refractivity contribution in [3.8, 4) is 0 Å².